The highest BCUT2D eigenvalue weighted by molar-refractivity contribution is 6.53. The molecule has 1 aliphatic rings. The van der Waals surface area contributed by atoms with Crippen molar-refractivity contribution in [3.05, 3.63) is 34.3 Å². The third kappa shape index (κ3) is 2.51. The summed E-state index contributed by atoms with van der Waals surface area (Å²) in [6.07, 6.45) is -4.62. The van der Waals surface area contributed by atoms with Crippen LogP contribution in [0.2, 0.25) is 5.02 Å². The quantitative estimate of drug-likeness (QED) is 0.818. The van der Waals surface area contributed by atoms with Gasteiger partial charge in [-0.2, -0.15) is 13.2 Å². The van der Waals surface area contributed by atoms with Gasteiger partial charge in [-0.1, -0.05) is 40.9 Å². The molecular weight excluding hydrogens is 327 g/mol. The lowest BCUT2D eigenvalue weighted by Crippen LogP contribution is -2.07. The molecule has 1 aromatic rings. The molecule has 1 unspecified atom stereocenters. The minimum atomic E-state index is -4.62. The first-order valence-electron chi connectivity index (χ1n) is 5.04. The van der Waals surface area contributed by atoms with E-state index in [1.165, 1.54) is 6.07 Å². The molecule has 0 radical (unpaired) electrons. The molecule has 19 heavy (non-hydrogen) atoms. The Kier molecular flexibility index (Phi) is 3.44. The summed E-state index contributed by atoms with van der Waals surface area (Å²) < 4.78 is 36.5. The predicted octanol–water partition coefficient (Wildman–Crippen LogP) is 4.33. The second-order valence-corrected chi connectivity index (χ2v) is 6.06. The third-order valence-electron chi connectivity index (χ3n) is 2.97. The molecule has 0 saturated heterocycles. The topological polar surface area (TPSA) is 37.3 Å². The second-order valence-electron chi connectivity index (χ2n) is 4.21. The number of carboxylic acids is 1. The summed E-state index contributed by atoms with van der Waals surface area (Å²) in [6.45, 7) is 0. The SMILES string of the molecule is O=C(O)C1[C@H](c2ccc(Cl)c(C(F)(F)F)c2)C1(Cl)Cl. The monoisotopic (exact) mass is 332 g/mol. The van der Waals surface area contributed by atoms with Crippen LogP contribution in [0.25, 0.3) is 0 Å². The zero-order valence-corrected chi connectivity index (χ0v) is 11.3. The van der Waals surface area contributed by atoms with Crippen LogP contribution < -0.4 is 0 Å². The molecule has 2 rings (SSSR count). The third-order valence-corrected chi connectivity index (χ3v) is 4.24. The number of alkyl halides is 5. The van der Waals surface area contributed by atoms with Gasteiger partial charge in [0.1, 0.15) is 4.33 Å². The Labute approximate surface area is 121 Å². The molecule has 0 bridgehead atoms. The van der Waals surface area contributed by atoms with Gasteiger partial charge in [0.15, 0.2) is 0 Å². The standard InChI is InChI=1S/C11H6Cl3F3O2/c12-6-2-1-4(3-5(6)11(15,16)17)7-8(9(18)19)10(7,13)14/h1-3,7-8H,(H,18,19)/t7-,8?/m0/s1. The number of hydrogen-bond acceptors (Lipinski definition) is 1. The van der Waals surface area contributed by atoms with Crippen molar-refractivity contribution in [2.75, 3.05) is 0 Å². The summed E-state index contributed by atoms with van der Waals surface area (Å²) in [5.74, 6) is -3.26. The second kappa shape index (κ2) is 4.43. The van der Waals surface area contributed by atoms with E-state index in [1.807, 2.05) is 0 Å². The summed E-state index contributed by atoms with van der Waals surface area (Å²) >= 11 is 17.0. The Hall–Kier alpha value is -0.650. The van der Waals surface area contributed by atoms with Crippen molar-refractivity contribution in [2.24, 2.45) is 5.92 Å². The van der Waals surface area contributed by atoms with E-state index in [2.05, 4.69) is 0 Å². The van der Waals surface area contributed by atoms with Crippen molar-refractivity contribution >= 4 is 40.8 Å². The Bertz CT molecular complexity index is 542. The predicted molar refractivity (Wildman–Crippen MR) is 64.8 cm³/mol. The Morgan fingerprint density at radius 1 is 1.32 bits per heavy atom. The van der Waals surface area contributed by atoms with Crippen LogP contribution in [0.3, 0.4) is 0 Å². The largest absolute Gasteiger partial charge is 0.481 e. The molecule has 0 aromatic heterocycles. The Morgan fingerprint density at radius 3 is 2.32 bits per heavy atom. The van der Waals surface area contributed by atoms with Gasteiger partial charge in [-0.15, -0.1) is 0 Å². The minimum Gasteiger partial charge on any atom is -0.481 e. The molecular formula is C11H6Cl3F3O2. The van der Waals surface area contributed by atoms with Crippen molar-refractivity contribution < 1.29 is 23.1 Å². The average Bonchev–Trinajstić information content (AvgIpc) is 2.80. The van der Waals surface area contributed by atoms with E-state index in [0.29, 0.717) is 0 Å². The molecule has 2 atom stereocenters. The van der Waals surface area contributed by atoms with E-state index < -0.39 is 38.9 Å². The van der Waals surface area contributed by atoms with Gasteiger partial charge < -0.3 is 5.11 Å². The first kappa shape index (κ1) is 14.8. The Morgan fingerprint density at radius 2 is 1.89 bits per heavy atom. The molecule has 0 aliphatic heterocycles. The van der Waals surface area contributed by atoms with Gasteiger partial charge in [0, 0.05) is 5.92 Å². The fraction of sp³-hybridized carbons (Fsp3) is 0.364. The first-order valence-corrected chi connectivity index (χ1v) is 6.17. The van der Waals surface area contributed by atoms with Crippen molar-refractivity contribution in [2.45, 2.75) is 16.4 Å². The zero-order chi connectivity index (χ0) is 14.6. The number of carbonyl (C=O) groups is 1. The van der Waals surface area contributed by atoms with Crippen LogP contribution in [0.1, 0.15) is 17.0 Å². The molecule has 104 valence electrons. The van der Waals surface area contributed by atoms with Crippen LogP contribution in [-0.2, 0) is 11.0 Å². The summed E-state index contributed by atoms with van der Waals surface area (Å²) in [4.78, 5) is 10.9. The summed E-state index contributed by atoms with van der Waals surface area (Å²) in [6, 6.07) is 3.14. The maximum atomic E-state index is 12.7. The highest BCUT2D eigenvalue weighted by Crippen LogP contribution is 2.65. The van der Waals surface area contributed by atoms with Crippen LogP contribution >= 0.6 is 34.8 Å². The fourth-order valence-corrected chi connectivity index (χ4v) is 3.04. The maximum absolute atomic E-state index is 12.7. The van der Waals surface area contributed by atoms with Gasteiger partial charge >= 0.3 is 12.1 Å². The highest BCUT2D eigenvalue weighted by atomic mass is 35.5. The van der Waals surface area contributed by atoms with Crippen LogP contribution in [0.5, 0.6) is 0 Å². The summed E-state index contributed by atoms with van der Waals surface area (Å²) in [7, 11) is 0. The lowest BCUT2D eigenvalue weighted by Gasteiger charge is -2.11. The molecule has 8 heteroatoms. The van der Waals surface area contributed by atoms with Crippen LogP contribution in [0.4, 0.5) is 13.2 Å². The van der Waals surface area contributed by atoms with Crippen molar-refractivity contribution in [1.29, 1.82) is 0 Å². The zero-order valence-electron chi connectivity index (χ0n) is 9.01. The lowest BCUT2D eigenvalue weighted by atomic mass is 10.1. The van der Waals surface area contributed by atoms with E-state index in [9.17, 15) is 18.0 Å². The smallest absolute Gasteiger partial charge is 0.417 e. The minimum absolute atomic E-state index is 0.106. The normalized spacial score (nSPS) is 25.2. The van der Waals surface area contributed by atoms with E-state index in [0.717, 1.165) is 12.1 Å². The van der Waals surface area contributed by atoms with Gasteiger partial charge in [-0.05, 0) is 17.7 Å². The first-order chi connectivity index (χ1) is 8.56. The van der Waals surface area contributed by atoms with Crippen LogP contribution in [-0.4, -0.2) is 15.4 Å². The van der Waals surface area contributed by atoms with Gasteiger partial charge in [0.05, 0.1) is 16.5 Å². The highest BCUT2D eigenvalue weighted by Gasteiger charge is 2.68. The van der Waals surface area contributed by atoms with E-state index in [4.69, 9.17) is 39.9 Å². The molecule has 1 aliphatic carbocycles. The molecule has 1 aromatic carbocycles. The maximum Gasteiger partial charge on any atom is 0.417 e. The number of aliphatic carboxylic acids is 1. The fourth-order valence-electron chi connectivity index (χ4n) is 2.00. The molecule has 1 N–H and O–H groups in total. The molecule has 1 fully saturated rings. The van der Waals surface area contributed by atoms with Gasteiger partial charge in [0.25, 0.3) is 0 Å². The average molecular weight is 334 g/mol. The van der Waals surface area contributed by atoms with Crippen LogP contribution in [0.15, 0.2) is 18.2 Å². The van der Waals surface area contributed by atoms with Crippen LogP contribution in [0, 0.1) is 5.92 Å². The van der Waals surface area contributed by atoms with Crippen molar-refractivity contribution in [3.8, 4) is 0 Å². The summed E-state index contributed by atoms with van der Waals surface area (Å²) in [5, 5.41) is 8.43. The number of rotatable bonds is 2. The molecule has 0 amide bonds. The summed E-state index contributed by atoms with van der Waals surface area (Å²) in [5.41, 5.74) is -0.930. The van der Waals surface area contributed by atoms with Gasteiger partial charge in [-0.3, -0.25) is 4.79 Å². The molecule has 0 heterocycles. The number of hydrogen-bond donors (Lipinski definition) is 1. The molecule has 0 spiro atoms. The molecule has 1 saturated carbocycles. The number of carboxylic acid groups (broad SMARTS) is 1. The van der Waals surface area contributed by atoms with Crippen molar-refractivity contribution in [1.82, 2.24) is 0 Å². The number of benzene rings is 1. The van der Waals surface area contributed by atoms with Gasteiger partial charge in [-0.25, -0.2) is 0 Å². The molecule has 2 nitrogen and oxygen atoms in total. The van der Waals surface area contributed by atoms with Crippen molar-refractivity contribution in [3.63, 3.8) is 0 Å². The van der Waals surface area contributed by atoms with E-state index in [1.54, 1.807) is 0 Å². The van der Waals surface area contributed by atoms with E-state index >= 15 is 0 Å². The van der Waals surface area contributed by atoms with E-state index in [-0.39, 0.29) is 5.56 Å². The number of halogens is 6. The van der Waals surface area contributed by atoms with Gasteiger partial charge in [0.2, 0.25) is 0 Å². The lowest BCUT2D eigenvalue weighted by molar-refractivity contribution is -0.138. The Balaban J connectivity index is 2.42.